The van der Waals surface area contributed by atoms with Crippen LogP contribution < -0.4 is 10.6 Å². The van der Waals surface area contributed by atoms with E-state index in [-0.39, 0.29) is 12.1 Å². The number of benzene rings is 1. The molecule has 1 aromatic carbocycles. The van der Waals surface area contributed by atoms with Crippen LogP contribution in [-0.4, -0.2) is 23.7 Å². The third-order valence-electron chi connectivity index (χ3n) is 5.39. The van der Waals surface area contributed by atoms with E-state index in [1.54, 1.807) is 24.3 Å². The highest BCUT2D eigenvalue weighted by Crippen LogP contribution is 2.40. The van der Waals surface area contributed by atoms with Gasteiger partial charge in [0.15, 0.2) is 0 Å². The molecule has 0 spiro atoms. The number of nitrogens with zero attached hydrogens (tertiary/aromatic N) is 1. The summed E-state index contributed by atoms with van der Waals surface area (Å²) < 4.78 is 6.93. The molecule has 2 N–H and O–H groups in total. The maximum Gasteiger partial charge on any atom is 0.339 e. The monoisotopic (exact) mass is 423 g/mol. The molecule has 156 valence electrons. The van der Waals surface area contributed by atoms with Gasteiger partial charge in [-0.3, -0.25) is 0 Å². The highest BCUT2D eigenvalue weighted by molar-refractivity contribution is 7.15. The first-order valence-electron chi connectivity index (χ1n) is 10.1. The van der Waals surface area contributed by atoms with Crippen LogP contribution in [0.4, 0.5) is 10.5 Å². The third-order valence-corrected chi connectivity index (χ3v) is 6.71. The second-order valence-corrected chi connectivity index (χ2v) is 8.46. The van der Waals surface area contributed by atoms with E-state index in [4.69, 9.17) is 4.74 Å². The molecule has 0 saturated carbocycles. The molecule has 2 amide bonds. The van der Waals surface area contributed by atoms with Crippen molar-refractivity contribution in [3.8, 4) is 5.00 Å². The van der Waals surface area contributed by atoms with E-state index < -0.39 is 5.97 Å². The second kappa shape index (κ2) is 8.75. The summed E-state index contributed by atoms with van der Waals surface area (Å²) in [6.07, 6.45) is 8.61. The Morgan fingerprint density at radius 2 is 1.83 bits per heavy atom. The molecule has 3 aromatic rings. The Kier molecular flexibility index (Phi) is 5.90. The van der Waals surface area contributed by atoms with Gasteiger partial charge >= 0.3 is 12.0 Å². The van der Waals surface area contributed by atoms with Gasteiger partial charge in [0.05, 0.1) is 24.4 Å². The number of nitrogens with one attached hydrogen (secondary N) is 2. The van der Waals surface area contributed by atoms with Crippen LogP contribution in [0.25, 0.3) is 5.00 Å². The van der Waals surface area contributed by atoms with E-state index >= 15 is 0 Å². The fourth-order valence-corrected chi connectivity index (χ4v) is 5.44. The van der Waals surface area contributed by atoms with Crippen molar-refractivity contribution in [2.24, 2.45) is 0 Å². The van der Waals surface area contributed by atoms with Gasteiger partial charge in [-0.2, -0.15) is 0 Å². The highest BCUT2D eigenvalue weighted by Gasteiger charge is 2.26. The Balaban J connectivity index is 1.58. The number of aryl methyl sites for hydroxylation is 1. The van der Waals surface area contributed by atoms with Crippen molar-refractivity contribution in [1.29, 1.82) is 0 Å². The normalized spacial score (nSPS) is 13.9. The minimum atomic E-state index is -0.485. The van der Waals surface area contributed by atoms with Crippen molar-refractivity contribution in [2.45, 2.75) is 38.6 Å². The number of carbonyl (C=O) groups excluding carboxylic acids is 2. The lowest BCUT2D eigenvalue weighted by Crippen LogP contribution is -2.32. The Hall–Kier alpha value is -3.06. The van der Waals surface area contributed by atoms with Crippen molar-refractivity contribution in [1.82, 2.24) is 9.88 Å². The molecule has 0 aliphatic heterocycles. The zero-order valence-electron chi connectivity index (χ0n) is 17.1. The first-order chi connectivity index (χ1) is 14.6. The molecule has 0 radical (unpaired) electrons. The molecule has 1 unspecified atom stereocenters. The number of aromatic nitrogens is 1. The highest BCUT2D eigenvalue weighted by atomic mass is 32.1. The van der Waals surface area contributed by atoms with E-state index in [0.717, 1.165) is 17.8 Å². The number of hydrogen-bond donors (Lipinski definition) is 2. The lowest BCUT2D eigenvalue weighted by atomic mass is 9.93. The zero-order valence-corrected chi connectivity index (χ0v) is 17.9. The maximum atomic E-state index is 12.8. The number of hydrogen-bond acceptors (Lipinski definition) is 4. The Bertz CT molecular complexity index is 1060. The number of para-hydroxylation sites is 1. The number of esters is 1. The van der Waals surface area contributed by atoms with Crippen molar-refractivity contribution in [2.75, 3.05) is 12.4 Å². The summed E-state index contributed by atoms with van der Waals surface area (Å²) in [7, 11) is 1.32. The van der Waals surface area contributed by atoms with Gasteiger partial charge in [-0.15, -0.1) is 11.3 Å². The molecule has 4 rings (SSSR count). The first-order valence-corrected chi connectivity index (χ1v) is 10.9. The maximum absolute atomic E-state index is 12.8. The summed E-state index contributed by atoms with van der Waals surface area (Å²) in [4.78, 5) is 26.2. The number of carbonyl (C=O) groups is 2. The summed E-state index contributed by atoms with van der Waals surface area (Å²) >= 11 is 1.82. The van der Waals surface area contributed by atoms with Crippen LogP contribution in [0.1, 0.15) is 52.2 Å². The smallest absolute Gasteiger partial charge is 0.339 e. The number of rotatable bonds is 5. The van der Waals surface area contributed by atoms with Crippen LogP contribution in [0.2, 0.25) is 0 Å². The number of methoxy groups -OCH3 is 1. The number of ether oxygens (including phenoxy) is 1. The summed E-state index contributed by atoms with van der Waals surface area (Å²) in [6, 6.07) is 10.3. The van der Waals surface area contributed by atoms with Crippen LogP contribution in [0.5, 0.6) is 0 Å². The van der Waals surface area contributed by atoms with E-state index in [1.165, 1.54) is 36.0 Å². The van der Waals surface area contributed by atoms with E-state index in [9.17, 15) is 9.59 Å². The van der Waals surface area contributed by atoms with Gasteiger partial charge < -0.3 is 19.9 Å². The van der Waals surface area contributed by atoms with Gasteiger partial charge in [0.25, 0.3) is 0 Å². The van der Waals surface area contributed by atoms with Gasteiger partial charge in [-0.1, -0.05) is 12.1 Å². The zero-order chi connectivity index (χ0) is 21.1. The molecule has 1 aliphatic rings. The fraction of sp³-hybridized carbons (Fsp3) is 0.304. The molecule has 1 atom stereocenters. The number of amides is 2. The minimum Gasteiger partial charge on any atom is -0.465 e. The Morgan fingerprint density at radius 1 is 1.10 bits per heavy atom. The van der Waals surface area contributed by atoms with Crippen LogP contribution in [0.15, 0.2) is 48.8 Å². The van der Waals surface area contributed by atoms with E-state index in [0.29, 0.717) is 11.3 Å². The second-order valence-electron chi connectivity index (χ2n) is 7.38. The molecule has 2 heterocycles. The lowest BCUT2D eigenvalue weighted by Gasteiger charge is -2.20. The lowest BCUT2D eigenvalue weighted by molar-refractivity contribution is 0.0602. The summed E-state index contributed by atoms with van der Waals surface area (Å²) in [5, 5.41) is 7.02. The number of anilines is 1. The summed E-state index contributed by atoms with van der Waals surface area (Å²) in [5.74, 6) is -0.485. The molecule has 2 aromatic heterocycles. The largest absolute Gasteiger partial charge is 0.465 e. The summed E-state index contributed by atoms with van der Waals surface area (Å²) in [5.41, 5.74) is 3.30. The quantitative estimate of drug-likeness (QED) is 0.562. The van der Waals surface area contributed by atoms with Gasteiger partial charge in [0.1, 0.15) is 5.00 Å². The number of thiophene rings is 1. The SMILES string of the molecule is COC(=O)c1ccccc1NC(=O)NC(C)c1c(-n2cccc2)sc2c1CCCC2. The van der Waals surface area contributed by atoms with E-state index in [1.807, 2.05) is 42.8 Å². The minimum absolute atomic E-state index is 0.175. The molecule has 1 aliphatic carbocycles. The molecule has 6 nitrogen and oxygen atoms in total. The molecule has 30 heavy (non-hydrogen) atoms. The van der Waals surface area contributed by atoms with Crippen molar-refractivity contribution < 1.29 is 14.3 Å². The van der Waals surface area contributed by atoms with Crippen molar-refractivity contribution >= 4 is 29.0 Å². The molecule has 0 saturated heterocycles. The van der Waals surface area contributed by atoms with Crippen molar-refractivity contribution in [3.63, 3.8) is 0 Å². The molecule has 7 heteroatoms. The molecule has 0 fully saturated rings. The average molecular weight is 424 g/mol. The van der Waals surface area contributed by atoms with E-state index in [2.05, 4.69) is 15.2 Å². The number of fused-ring (bicyclic) bond motifs is 1. The molecule has 0 bridgehead atoms. The standard InChI is InChI=1S/C23H25N3O3S/c1-15(24-23(28)25-18-11-5-3-9-16(18)22(27)29-2)20-17-10-4-6-12-19(17)30-21(20)26-13-7-8-14-26/h3,5,7-9,11,13-15H,4,6,10,12H2,1-2H3,(H2,24,25,28). The summed E-state index contributed by atoms with van der Waals surface area (Å²) in [6.45, 7) is 2.01. The molecular weight excluding hydrogens is 398 g/mol. The Morgan fingerprint density at radius 3 is 2.60 bits per heavy atom. The van der Waals surface area contributed by atoms with Crippen LogP contribution in [-0.2, 0) is 17.6 Å². The number of urea groups is 1. The first kappa shape index (κ1) is 20.2. The van der Waals surface area contributed by atoms with Gasteiger partial charge in [0, 0.05) is 22.8 Å². The van der Waals surface area contributed by atoms with Crippen molar-refractivity contribution in [3.05, 3.63) is 70.4 Å². The van der Waals surface area contributed by atoms with Crippen LogP contribution >= 0.6 is 11.3 Å². The molecular formula is C23H25N3O3S. The Labute approximate surface area is 179 Å². The predicted molar refractivity (Wildman–Crippen MR) is 119 cm³/mol. The van der Waals surface area contributed by atoms with Crippen LogP contribution in [0, 0.1) is 0 Å². The fourth-order valence-electron chi connectivity index (χ4n) is 3.99. The van der Waals surface area contributed by atoms with Gasteiger partial charge in [-0.05, 0) is 62.4 Å². The third kappa shape index (κ3) is 3.98. The van der Waals surface area contributed by atoms with Gasteiger partial charge in [0.2, 0.25) is 0 Å². The average Bonchev–Trinajstić information content (AvgIpc) is 3.41. The topological polar surface area (TPSA) is 72.4 Å². The predicted octanol–water partition coefficient (Wildman–Crippen LogP) is 5.09. The van der Waals surface area contributed by atoms with Crippen LogP contribution in [0.3, 0.4) is 0 Å². The van der Waals surface area contributed by atoms with Gasteiger partial charge in [-0.25, -0.2) is 9.59 Å².